The van der Waals surface area contributed by atoms with Gasteiger partial charge >= 0.3 is 0 Å². The third-order valence-electron chi connectivity index (χ3n) is 4.44. The molecule has 2 saturated heterocycles. The quantitative estimate of drug-likeness (QED) is 0.849. The van der Waals surface area contributed by atoms with Crippen molar-refractivity contribution >= 4 is 10.9 Å². The molecular formula is C17H20N2O2. The van der Waals surface area contributed by atoms with Gasteiger partial charge in [-0.1, -0.05) is 18.2 Å². The lowest BCUT2D eigenvalue weighted by atomic mass is 10.0. The Bertz CT molecular complexity index is 632. The number of fused-ring (bicyclic) bond motifs is 1. The first-order chi connectivity index (χ1) is 10.3. The lowest BCUT2D eigenvalue weighted by molar-refractivity contribution is -0.190. The summed E-state index contributed by atoms with van der Waals surface area (Å²) in [4.78, 5) is 6.88. The van der Waals surface area contributed by atoms with E-state index < -0.39 is 0 Å². The summed E-state index contributed by atoms with van der Waals surface area (Å²) in [5, 5.41) is 1.24. The van der Waals surface area contributed by atoms with E-state index in [-0.39, 0.29) is 5.79 Å². The Morgan fingerprint density at radius 3 is 2.90 bits per heavy atom. The van der Waals surface area contributed by atoms with E-state index in [1.807, 2.05) is 12.3 Å². The van der Waals surface area contributed by atoms with E-state index in [0.717, 1.165) is 51.2 Å². The highest BCUT2D eigenvalue weighted by atomic mass is 16.7. The van der Waals surface area contributed by atoms with Crippen LogP contribution in [0.2, 0.25) is 0 Å². The van der Waals surface area contributed by atoms with Gasteiger partial charge < -0.3 is 9.47 Å². The highest BCUT2D eigenvalue weighted by Crippen LogP contribution is 2.31. The maximum Gasteiger partial charge on any atom is 0.181 e. The second-order valence-electron chi connectivity index (χ2n) is 5.91. The van der Waals surface area contributed by atoms with Gasteiger partial charge in [-0.2, -0.15) is 0 Å². The Kier molecular flexibility index (Phi) is 3.37. The molecule has 1 aromatic carbocycles. The zero-order valence-corrected chi connectivity index (χ0v) is 12.1. The molecule has 1 aromatic heterocycles. The number of likely N-dealkylation sites (tertiary alicyclic amines) is 1. The first-order valence-corrected chi connectivity index (χ1v) is 7.68. The van der Waals surface area contributed by atoms with Gasteiger partial charge in [0.2, 0.25) is 0 Å². The Labute approximate surface area is 124 Å². The molecule has 0 N–H and O–H groups in total. The molecule has 4 heteroatoms. The van der Waals surface area contributed by atoms with Crippen LogP contribution in [0, 0.1) is 0 Å². The van der Waals surface area contributed by atoms with Crippen molar-refractivity contribution in [3.05, 3.63) is 42.1 Å². The van der Waals surface area contributed by atoms with E-state index in [0.29, 0.717) is 0 Å². The predicted octanol–water partition coefficient (Wildman–Crippen LogP) is 2.57. The molecule has 0 bridgehead atoms. The summed E-state index contributed by atoms with van der Waals surface area (Å²) >= 11 is 0. The number of nitrogens with zero attached hydrogens (tertiary/aromatic N) is 2. The number of benzene rings is 1. The van der Waals surface area contributed by atoms with Gasteiger partial charge in [0.05, 0.1) is 25.3 Å². The molecular weight excluding hydrogens is 264 g/mol. The normalized spacial score (nSPS) is 22.1. The minimum absolute atomic E-state index is 0.346. The van der Waals surface area contributed by atoms with E-state index in [1.54, 1.807) is 0 Å². The lowest BCUT2D eigenvalue weighted by Crippen LogP contribution is -2.48. The van der Waals surface area contributed by atoms with Crippen LogP contribution in [-0.4, -0.2) is 42.0 Å². The third-order valence-corrected chi connectivity index (χ3v) is 4.44. The molecule has 0 saturated carbocycles. The van der Waals surface area contributed by atoms with Crippen molar-refractivity contribution in [2.45, 2.75) is 25.2 Å². The number of aromatic nitrogens is 1. The van der Waals surface area contributed by atoms with Crippen molar-refractivity contribution < 1.29 is 9.47 Å². The second kappa shape index (κ2) is 5.37. The fourth-order valence-corrected chi connectivity index (χ4v) is 3.47. The number of para-hydroxylation sites is 1. The topological polar surface area (TPSA) is 34.6 Å². The average Bonchev–Trinajstić information content (AvgIpc) is 2.95. The van der Waals surface area contributed by atoms with Gasteiger partial charge in [0.25, 0.3) is 0 Å². The fourth-order valence-electron chi connectivity index (χ4n) is 3.47. The molecule has 0 aliphatic carbocycles. The van der Waals surface area contributed by atoms with Crippen molar-refractivity contribution in [3.63, 3.8) is 0 Å². The molecule has 110 valence electrons. The van der Waals surface area contributed by atoms with E-state index in [4.69, 9.17) is 9.47 Å². The van der Waals surface area contributed by atoms with Gasteiger partial charge in [-0.05, 0) is 30.7 Å². The Morgan fingerprint density at radius 2 is 2.00 bits per heavy atom. The van der Waals surface area contributed by atoms with Crippen molar-refractivity contribution in [1.82, 2.24) is 9.88 Å². The van der Waals surface area contributed by atoms with Crippen LogP contribution in [0.1, 0.15) is 18.4 Å². The number of piperidine rings is 1. The predicted molar refractivity (Wildman–Crippen MR) is 80.9 cm³/mol. The lowest BCUT2D eigenvalue weighted by Gasteiger charge is -2.38. The largest absolute Gasteiger partial charge is 0.346 e. The van der Waals surface area contributed by atoms with E-state index in [2.05, 4.69) is 34.1 Å². The summed E-state index contributed by atoms with van der Waals surface area (Å²) in [7, 11) is 0. The van der Waals surface area contributed by atoms with Gasteiger partial charge in [-0.3, -0.25) is 9.88 Å². The Balaban J connectivity index is 1.57. The SMILES string of the molecule is c1ccc2c(CN3CCCC4(C3)OCCO4)ccnc2c1. The van der Waals surface area contributed by atoms with Gasteiger partial charge in [0, 0.05) is 24.5 Å². The molecule has 2 aliphatic rings. The molecule has 0 amide bonds. The van der Waals surface area contributed by atoms with Gasteiger partial charge in [-0.25, -0.2) is 0 Å². The highest BCUT2D eigenvalue weighted by molar-refractivity contribution is 5.81. The summed E-state index contributed by atoms with van der Waals surface area (Å²) in [6, 6.07) is 10.5. The number of rotatable bonds is 2. The zero-order valence-electron chi connectivity index (χ0n) is 12.1. The van der Waals surface area contributed by atoms with Crippen LogP contribution in [0.25, 0.3) is 10.9 Å². The smallest absolute Gasteiger partial charge is 0.181 e. The first kappa shape index (κ1) is 13.2. The van der Waals surface area contributed by atoms with E-state index in [9.17, 15) is 0 Å². The first-order valence-electron chi connectivity index (χ1n) is 7.68. The Morgan fingerprint density at radius 1 is 1.14 bits per heavy atom. The second-order valence-corrected chi connectivity index (χ2v) is 5.91. The molecule has 2 aliphatic heterocycles. The third kappa shape index (κ3) is 2.55. The number of hydrogen-bond acceptors (Lipinski definition) is 4. The highest BCUT2D eigenvalue weighted by Gasteiger charge is 2.40. The molecule has 4 rings (SSSR count). The minimum Gasteiger partial charge on any atom is -0.346 e. The molecule has 4 nitrogen and oxygen atoms in total. The summed E-state index contributed by atoms with van der Waals surface area (Å²) in [5.74, 6) is -0.346. The summed E-state index contributed by atoms with van der Waals surface area (Å²) in [6.07, 6.45) is 4.05. The van der Waals surface area contributed by atoms with Crippen LogP contribution in [0.4, 0.5) is 0 Å². The van der Waals surface area contributed by atoms with Crippen molar-refractivity contribution in [3.8, 4) is 0 Å². The van der Waals surface area contributed by atoms with Crippen LogP contribution in [0.15, 0.2) is 36.5 Å². The number of ether oxygens (including phenoxy) is 2. The number of pyridine rings is 1. The summed E-state index contributed by atoms with van der Waals surface area (Å²) < 4.78 is 11.7. The molecule has 3 heterocycles. The van der Waals surface area contributed by atoms with Gasteiger partial charge in [-0.15, -0.1) is 0 Å². The molecule has 0 unspecified atom stereocenters. The molecule has 0 radical (unpaired) electrons. The average molecular weight is 284 g/mol. The van der Waals surface area contributed by atoms with Crippen LogP contribution in [0.5, 0.6) is 0 Å². The van der Waals surface area contributed by atoms with Crippen LogP contribution in [-0.2, 0) is 16.0 Å². The Hall–Kier alpha value is -1.49. The van der Waals surface area contributed by atoms with Gasteiger partial charge in [0.15, 0.2) is 5.79 Å². The van der Waals surface area contributed by atoms with Crippen LogP contribution < -0.4 is 0 Å². The maximum atomic E-state index is 5.86. The fraction of sp³-hybridized carbons (Fsp3) is 0.471. The summed E-state index contributed by atoms with van der Waals surface area (Å²) in [5.41, 5.74) is 2.39. The van der Waals surface area contributed by atoms with Crippen molar-refractivity contribution in [1.29, 1.82) is 0 Å². The molecule has 2 aromatic rings. The molecule has 21 heavy (non-hydrogen) atoms. The molecule has 2 fully saturated rings. The summed E-state index contributed by atoms with van der Waals surface area (Å²) in [6.45, 7) is 4.35. The van der Waals surface area contributed by atoms with Gasteiger partial charge in [0.1, 0.15) is 0 Å². The maximum absolute atomic E-state index is 5.86. The van der Waals surface area contributed by atoms with Crippen LogP contribution >= 0.6 is 0 Å². The monoisotopic (exact) mass is 284 g/mol. The standard InChI is InChI=1S/C17H20N2O2/c1-2-5-16-15(4-1)14(6-8-18-16)12-19-9-3-7-17(13-19)20-10-11-21-17/h1-2,4-6,8H,3,7,9-13H2. The molecule has 1 spiro atoms. The zero-order chi connectivity index (χ0) is 14.1. The van der Waals surface area contributed by atoms with Crippen molar-refractivity contribution in [2.75, 3.05) is 26.3 Å². The number of hydrogen-bond donors (Lipinski definition) is 0. The van der Waals surface area contributed by atoms with Crippen LogP contribution in [0.3, 0.4) is 0 Å². The van der Waals surface area contributed by atoms with E-state index >= 15 is 0 Å². The molecule has 0 atom stereocenters. The van der Waals surface area contributed by atoms with E-state index in [1.165, 1.54) is 10.9 Å². The minimum atomic E-state index is -0.346. The van der Waals surface area contributed by atoms with Crippen molar-refractivity contribution in [2.24, 2.45) is 0 Å².